The zero-order valence-electron chi connectivity index (χ0n) is 16.4. The van der Waals surface area contributed by atoms with Gasteiger partial charge in [0.2, 0.25) is 5.95 Å². The highest BCUT2D eigenvalue weighted by molar-refractivity contribution is 7.92. The Morgan fingerprint density at radius 1 is 1.10 bits per heavy atom. The number of ether oxygens (including phenoxy) is 1. The zero-order chi connectivity index (χ0) is 21.7. The molecule has 2 N–H and O–H groups in total. The van der Waals surface area contributed by atoms with Crippen molar-refractivity contribution in [1.29, 1.82) is 0 Å². The van der Waals surface area contributed by atoms with E-state index < -0.39 is 21.6 Å². The summed E-state index contributed by atoms with van der Waals surface area (Å²) in [6.07, 6.45) is 3.50. The van der Waals surface area contributed by atoms with Crippen molar-refractivity contribution in [2.45, 2.75) is 50.5 Å². The van der Waals surface area contributed by atoms with E-state index in [2.05, 4.69) is 14.7 Å². The Bertz CT molecular complexity index is 964. The van der Waals surface area contributed by atoms with Gasteiger partial charge in [-0.05, 0) is 51.3 Å². The first kappa shape index (κ1) is 22.3. The molecule has 0 spiro atoms. The van der Waals surface area contributed by atoms with Crippen molar-refractivity contribution in [2.24, 2.45) is 0 Å². The number of nitrogens with zero attached hydrogens (tertiary/aromatic N) is 2. The molecule has 0 aliphatic rings. The first-order valence-corrected chi connectivity index (χ1v) is 10.3. The van der Waals surface area contributed by atoms with E-state index in [9.17, 15) is 18.0 Å². The number of carbonyl (C=O) groups excluding carboxylic acids is 1. The van der Waals surface area contributed by atoms with Gasteiger partial charge in [0.25, 0.3) is 10.0 Å². The number of anilines is 1. The Morgan fingerprint density at radius 3 is 2.21 bits per heavy atom. The van der Waals surface area contributed by atoms with Gasteiger partial charge < -0.3 is 9.84 Å². The molecule has 1 aromatic heterocycles. The summed E-state index contributed by atoms with van der Waals surface area (Å²) in [6, 6.07) is 6.21. The third-order valence-corrected chi connectivity index (χ3v) is 4.97. The van der Waals surface area contributed by atoms with Gasteiger partial charge in [0.05, 0.1) is 10.5 Å². The minimum atomic E-state index is -3.91. The van der Waals surface area contributed by atoms with E-state index >= 15 is 0 Å². The molecule has 2 aromatic rings. The predicted molar refractivity (Wildman–Crippen MR) is 105 cm³/mol. The summed E-state index contributed by atoms with van der Waals surface area (Å²) in [7, 11) is -3.91. The lowest BCUT2D eigenvalue weighted by Crippen LogP contribution is -2.23. The van der Waals surface area contributed by atoms with Gasteiger partial charge in [-0.15, -0.1) is 0 Å². The minimum Gasteiger partial charge on any atom is -0.478 e. The highest BCUT2D eigenvalue weighted by Gasteiger charge is 2.17. The summed E-state index contributed by atoms with van der Waals surface area (Å²) < 4.78 is 32.2. The van der Waals surface area contributed by atoms with Gasteiger partial charge in [-0.1, -0.05) is 12.1 Å². The van der Waals surface area contributed by atoms with Crippen LogP contribution in [0.5, 0.6) is 0 Å². The largest absolute Gasteiger partial charge is 0.478 e. The smallest absolute Gasteiger partial charge is 0.338 e. The van der Waals surface area contributed by atoms with Crippen molar-refractivity contribution in [3.63, 3.8) is 0 Å². The number of carbonyl (C=O) groups is 2. The van der Waals surface area contributed by atoms with Crippen molar-refractivity contribution in [1.82, 2.24) is 9.97 Å². The minimum absolute atomic E-state index is 0.0132. The maximum atomic E-state index is 12.4. The average Bonchev–Trinajstić information content (AvgIpc) is 2.61. The molecular formula is C19H23N3O6S. The van der Waals surface area contributed by atoms with Crippen LogP contribution in [0.3, 0.4) is 0 Å². The number of hydrogen-bond acceptors (Lipinski definition) is 7. The standard InChI is InChI=1S/C19H23N3O6S/c1-19(2,3)28-16(23)6-4-5-13-7-9-15(10-8-13)29(26,27)22-18-20-11-14(12-21-18)17(24)25/h7-12H,4-6H2,1-3H3,(H,24,25)(H,20,21,22). The number of nitrogens with one attached hydrogen (secondary N) is 1. The number of carboxylic acid groups (broad SMARTS) is 1. The Morgan fingerprint density at radius 2 is 1.69 bits per heavy atom. The summed E-state index contributed by atoms with van der Waals surface area (Å²) in [4.78, 5) is 29.9. The molecule has 0 aliphatic heterocycles. The monoisotopic (exact) mass is 421 g/mol. The number of esters is 1. The fourth-order valence-corrected chi connectivity index (χ4v) is 3.29. The number of aryl methyl sites for hydroxylation is 1. The molecule has 9 nitrogen and oxygen atoms in total. The van der Waals surface area contributed by atoms with Gasteiger partial charge in [0, 0.05) is 18.8 Å². The molecule has 29 heavy (non-hydrogen) atoms. The highest BCUT2D eigenvalue weighted by Crippen LogP contribution is 2.16. The second-order valence-electron chi connectivity index (χ2n) is 7.29. The first-order valence-electron chi connectivity index (χ1n) is 8.85. The molecule has 0 saturated carbocycles. The van der Waals surface area contributed by atoms with Crippen molar-refractivity contribution in [3.05, 3.63) is 47.8 Å². The van der Waals surface area contributed by atoms with Crippen LogP contribution < -0.4 is 4.72 Å². The van der Waals surface area contributed by atoms with Gasteiger partial charge in [-0.3, -0.25) is 4.79 Å². The third-order valence-electron chi connectivity index (χ3n) is 3.62. The molecule has 0 aliphatic carbocycles. The van der Waals surface area contributed by atoms with Crippen molar-refractivity contribution < 1.29 is 27.9 Å². The normalized spacial score (nSPS) is 11.7. The number of sulfonamides is 1. The predicted octanol–water partition coefficient (Wildman–Crippen LogP) is 2.64. The lowest BCUT2D eigenvalue weighted by molar-refractivity contribution is -0.154. The second kappa shape index (κ2) is 8.99. The Balaban J connectivity index is 1.94. The van der Waals surface area contributed by atoms with Crippen LogP contribution in [-0.4, -0.2) is 41.0 Å². The highest BCUT2D eigenvalue weighted by atomic mass is 32.2. The van der Waals surface area contributed by atoms with Gasteiger partial charge in [0.1, 0.15) is 5.60 Å². The molecule has 0 atom stereocenters. The molecule has 2 rings (SSSR count). The van der Waals surface area contributed by atoms with E-state index in [1.807, 2.05) is 20.8 Å². The number of benzene rings is 1. The summed E-state index contributed by atoms with van der Waals surface area (Å²) in [5.41, 5.74) is 0.218. The summed E-state index contributed by atoms with van der Waals surface area (Å²) in [5.74, 6) is -1.70. The summed E-state index contributed by atoms with van der Waals surface area (Å²) in [5, 5.41) is 8.81. The lowest BCUT2D eigenvalue weighted by Gasteiger charge is -2.19. The topological polar surface area (TPSA) is 136 Å². The van der Waals surface area contributed by atoms with Crippen LogP contribution in [0.2, 0.25) is 0 Å². The van der Waals surface area contributed by atoms with Crippen molar-refractivity contribution >= 4 is 27.9 Å². The molecule has 0 fully saturated rings. The SMILES string of the molecule is CC(C)(C)OC(=O)CCCc1ccc(S(=O)(=O)Nc2ncc(C(=O)O)cn2)cc1. The van der Waals surface area contributed by atoms with E-state index in [0.29, 0.717) is 12.8 Å². The lowest BCUT2D eigenvalue weighted by atomic mass is 10.1. The Kier molecular flexibility index (Phi) is 6.91. The zero-order valence-corrected chi connectivity index (χ0v) is 17.2. The molecule has 0 radical (unpaired) electrons. The molecule has 1 heterocycles. The van der Waals surface area contributed by atoms with Gasteiger partial charge in [-0.2, -0.15) is 0 Å². The fraction of sp³-hybridized carbons (Fsp3) is 0.368. The molecule has 0 saturated heterocycles. The third kappa shape index (κ3) is 7.15. The van der Waals surface area contributed by atoms with E-state index in [4.69, 9.17) is 9.84 Å². The number of carboxylic acids is 1. The first-order chi connectivity index (χ1) is 13.5. The van der Waals surface area contributed by atoms with Crippen molar-refractivity contribution in [2.75, 3.05) is 4.72 Å². The van der Waals surface area contributed by atoms with Gasteiger partial charge in [0.15, 0.2) is 0 Å². The molecule has 0 amide bonds. The average molecular weight is 421 g/mol. The summed E-state index contributed by atoms with van der Waals surface area (Å²) >= 11 is 0. The van der Waals surface area contributed by atoms with Crippen LogP contribution in [-0.2, 0) is 26.0 Å². The molecule has 0 unspecified atom stereocenters. The molecule has 1 aromatic carbocycles. The van der Waals surface area contributed by atoms with Crippen LogP contribution in [0.25, 0.3) is 0 Å². The Hall–Kier alpha value is -3.01. The van der Waals surface area contributed by atoms with Crippen molar-refractivity contribution in [3.8, 4) is 0 Å². The number of rotatable bonds is 8. The molecule has 10 heteroatoms. The van der Waals surface area contributed by atoms with Crippen LogP contribution in [0, 0.1) is 0 Å². The Labute approximate surface area is 169 Å². The number of hydrogen-bond donors (Lipinski definition) is 2. The molecule has 156 valence electrons. The number of aromatic carboxylic acids is 1. The van der Waals surface area contributed by atoms with Crippen LogP contribution >= 0.6 is 0 Å². The van der Waals surface area contributed by atoms with E-state index in [1.54, 1.807) is 12.1 Å². The van der Waals surface area contributed by atoms with E-state index in [0.717, 1.165) is 18.0 Å². The summed E-state index contributed by atoms with van der Waals surface area (Å²) in [6.45, 7) is 5.43. The van der Waals surface area contributed by atoms with Gasteiger partial charge in [-0.25, -0.2) is 27.9 Å². The maximum absolute atomic E-state index is 12.4. The van der Waals surface area contributed by atoms with E-state index in [-0.39, 0.29) is 28.8 Å². The fourth-order valence-electron chi connectivity index (χ4n) is 2.33. The second-order valence-corrected chi connectivity index (χ2v) is 8.97. The van der Waals surface area contributed by atoms with Crippen LogP contribution in [0.15, 0.2) is 41.6 Å². The number of aromatic nitrogens is 2. The molecule has 0 bridgehead atoms. The van der Waals surface area contributed by atoms with Crippen LogP contribution in [0.1, 0.15) is 49.5 Å². The van der Waals surface area contributed by atoms with Gasteiger partial charge >= 0.3 is 11.9 Å². The maximum Gasteiger partial charge on any atom is 0.338 e. The quantitative estimate of drug-likeness (QED) is 0.621. The van der Waals surface area contributed by atoms with E-state index in [1.165, 1.54) is 12.1 Å². The molecular weight excluding hydrogens is 398 g/mol. The van der Waals surface area contributed by atoms with Crippen LogP contribution in [0.4, 0.5) is 5.95 Å².